The van der Waals surface area contributed by atoms with Gasteiger partial charge in [-0.3, -0.25) is 0 Å². The lowest BCUT2D eigenvalue weighted by atomic mass is 10.0. The van der Waals surface area contributed by atoms with Crippen molar-refractivity contribution in [3.63, 3.8) is 0 Å². The summed E-state index contributed by atoms with van der Waals surface area (Å²) in [7, 11) is 0. The quantitative estimate of drug-likeness (QED) is 0.482. The minimum Gasteiger partial charge on any atom is -0.340 e. The highest BCUT2D eigenvalue weighted by Crippen LogP contribution is 2.32. The van der Waals surface area contributed by atoms with Gasteiger partial charge in [0, 0.05) is 53.9 Å². The first-order valence-corrected chi connectivity index (χ1v) is 10.4. The lowest BCUT2D eigenvalue weighted by Gasteiger charge is -2.28. The highest BCUT2D eigenvalue weighted by atomic mass is 16.2. The maximum absolute atomic E-state index is 13.0. The molecule has 5 rings (SSSR count). The average Bonchev–Trinajstić information content (AvgIpc) is 3.09. The Kier molecular flexibility index (Phi) is 4.75. The number of anilines is 1. The lowest BCUT2D eigenvalue weighted by Crippen LogP contribution is -2.39. The van der Waals surface area contributed by atoms with Crippen LogP contribution >= 0.6 is 0 Å². The summed E-state index contributed by atoms with van der Waals surface area (Å²) in [6, 6.07) is 27.0. The molecule has 30 heavy (non-hydrogen) atoms. The van der Waals surface area contributed by atoms with E-state index in [0.29, 0.717) is 6.54 Å². The third-order valence-electron chi connectivity index (χ3n) is 6.02. The fraction of sp³-hybridized carbons (Fsp3) is 0.192. The predicted octanol–water partition coefficient (Wildman–Crippen LogP) is 5.59. The van der Waals surface area contributed by atoms with Crippen molar-refractivity contribution in [2.45, 2.75) is 26.4 Å². The molecule has 1 N–H and O–H groups in total. The molecule has 0 saturated heterocycles. The summed E-state index contributed by atoms with van der Waals surface area (Å²) in [6.07, 6.45) is 0.859. The number of hydrogen-bond acceptors (Lipinski definition) is 1. The maximum Gasteiger partial charge on any atom is 0.322 e. The zero-order chi connectivity index (χ0) is 20.5. The molecule has 150 valence electrons. The van der Waals surface area contributed by atoms with Gasteiger partial charge >= 0.3 is 6.03 Å². The molecule has 0 atom stereocenters. The van der Waals surface area contributed by atoms with Crippen LogP contribution in [0.1, 0.15) is 22.4 Å². The molecule has 2 amide bonds. The molecule has 0 fully saturated rings. The van der Waals surface area contributed by atoms with E-state index in [1.165, 1.54) is 27.7 Å². The summed E-state index contributed by atoms with van der Waals surface area (Å²) in [4.78, 5) is 14.9. The van der Waals surface area contributed by atoms with Crippen LogP contribution in [0.25, 0.3) is 10.9 Å². The molecule has 0 spiro atoms. The summed E-state index contributed by atoms with van der Waals surface area (Å²) < 4.78 is 2.43. The van der Waals surface area contributed by atoms with E-state index in [2.05, 4.69) is 64.5 Å². The Hall–Kier alpha value is -3.53. The molecule has 1 aliphatic heterocycles. The second-order valence-electron chi connectivity index (χ2n) is 7.93. The van der Waals surface area contributed by atoms with Crippen molar-refractivity contribution in [3.05, 3.63) is 101 Å². The van der Waals surface area contributed by atoms with Gasteiger partial charge in [-0.2, -0.15) is 0 Å². The van der Waals surface area contributed by atoms with E-state index in [4.69, 9.17) is 0 Å². The number of amides is 2. The van der Waals surface area contributed by atoms with Gasteiger partial charge < -0.3 is 14.8 Å². The Bertz CT molecular complexity index is 1210. The smallest absolute Gasteiger partial charge is 0.322 e. The molecular weight excluding hydrogens is 370 g/mol. The summed E-state index contributed by atoms with van der Waals surface area (Å²) >= 11 is 0. The second-order valence-corrected chi connectivity index (χ2v) is 7.93. The van der Waals surface area contributed by atoms with Gasteiger partial charge in [0.15, 0.2) is 0 Å². The normalized spacial score (nSPS) is 13.3. The van der Waals surface area contributed by atoms with E-state index >= 15 is 0 Å². The van der Waals surface area contributed by atoms with Crippen LogP contribution in [0.15, 0.2) is 78.9 Å². The van der Waals surface area contributed by atoms with Gasteiger partial charge in [-0.15, -0.1) is 0 Å². The highest BCUT2D eigenvalue weighted by Gasteiger charge is 2.26. The number of carbonyl (C=O) groups excluding carboxylic acids is 1. The second kappa shape index (κ2) is 7.71. The van der Waals surface area contributed by atoms with Gasteiger partial charge in [-0.05, 0) is 30.2 Å². The molecule has 0 bridgehead atoms. The molecule has 1 aromatic heterocycles. The number of para-hydroxylation sites is 2. The zero-order valence-corrected chi connectivity index (χ0v) is 17.1. The number of carbonyl (C=O) groups is 1. The van der Waals surface area contributed by atoms with Gasteiger partial charge in [0.05, 0.1) is 0 Å². The van der Waals surface area contributed by atoms with E-state index in [-0.39, 0.29) is 6.03 Å². The van der Waals surface area contributed by atoms with Crippen molar-refractivity contribution >= 4 is 22.6 Å². The minimum atomic E-state index is -0.0326. The first kappa shape index (κ1) is 18.5. The van der Waals surface area contributed by atoms with Crippen molar-refractivity contribution in [2.24, 2.45) is 0 Å². The Labute approximate surface area is 176 Å². The van der Waals surface area contributed by atoms with Crippen molar-refractivity contribution < 1.29 is 4.79 Å². The number of rotatable bonds is 3. The molecule has 0 radical (unpaired) electrons. The predicted molar refractivity (Wildman–Crippen MR) is 122 cm³/mol. The van der Waals surface area contributed by atoms with Crippen LogP contribution in [0.2, 0.25) is 0 Å². The molecule has 0 saturated carbocycles. The Morgan fingerprint density at radius 1 is 0.933 bits per heavy atom. The Morgan fingerprint density at radius 3 is 2.50 bits per heavy atom. The Morgan fingerprint density at radius 2 is 1.67 bits per heavy atom. The lowest BCUT2D eigenvalue weighted by molar-refractivity contribution is 0.206. The monoisotopic (exact) mass is 395 g/mol. The number of hydrogen-bond donors (Lipinski definition) is 1. The van der Waals surface area contributed by atoms with Gasteiger partial charge in [0.1, 0.15) is 0 Å². The molecule has 0 aliphatic carbocycles. The largest absolute Gasteiger partial charge is 0.340 e. The van der Waals surface area contributed by atoms with Crippen molar-refractivity contribution in [1.82, 2.24) is 9.47 Å². The highest BCUT2D eigenvalue weighted by molar-refractivity contribution is 5.91. The fourth-order valence-corrected chi connectivity index (χ4v) is 4.43. The Balaban J connectivity index is 1.46. The van der Waals surface area contributed by atoms with Crippen molar-refractivity contribution in [3.8, 4) is 0 Å². The topological polar surface area (TPSA) is 37.3 Å². The number of benzene rings is 3. The number of aryl methyl sites for hydroxylation is 1. The molecular formula is C26H25N3O. The van der Waals surface area contributed by atoms with E-state index in [0.717, 1.165) is 30.8 Å². The molecule has 2 heterocycles. The van der Waals surface area contributed by atoms with Crippen molar-refractivity contribution in [2.75, 3.05) is 11.9 Å². The maximum atomic E-state index is 13.0. The van der Waals surface area contributed by atoms with Crippen LogP contribution < -0.4 is 5.32 Å². The molecule has 1 aliphatic rings. The van der Waals surface area contributed by atoms with E-state index in [1.54, 1.807) is 0 Å². The van der Waals surface area contributed by atoms with Crippen LogP contribution in [0.4, 0.5) is 10.5 Å². The van der Waals surface area contributed by atoms with Crippen molar-refractivity contribution in [1.29, 1.82) is 0 Å². The fourth-order valence-electron chi connectivity index (χ4n) is 4.43. The van der Waals surface area contributed by atoms with Gasteiger partial charge in [0.2, 0.25) is 0 Å². The number of nitrogens with one attached hydrogen (secondary N) is 1. The number of aromatic nitrogens is 1. The van der Waals surface area contributed by atoms with Crippen LogP contribution in [0.5, 0.6) is 0 Å². The zero-order valence-electron chi connectivity index (χ0n) is 17.1. The van der Waals surface area contributed by atoms with Crippen LogP contribution in [0.3, 0.4) is 0 Å². The first-order chi connectivity index (χ1) is 14.7. The number of nitrogens with zero attached hydrogens (tertiary/aromatic N) is 2. The number of urea groups is 1. The number of fused-ring (bicyclic) bond motifs is 3. The molecule has 4 aromatic rings. The molecule has 4 heteroatoms. The van der Waals surface area contributed by atoms with Crippen LogP contribution in [-0.4, -0.2) is 22.0 Å². The SMILES string of the molecule is Cc1ccccc1NC(=O)N1CCc2c(c3ccccc3n2Cc2ccccc2)C1. The summed E-state index contributed by atoms with van der Waals surface area (Å²) in [6.45, 7) is 4.22. The van der Waals surface area contributed by atoms with E-state index in [9.17, 15) is 4.79 Å². The summed E-state index contributed by atoms with van der Waals surface area (Å²) in [5, 5.41) is 4.33. The average molecular weight is 396 g/mol. The third kappa shape index (κ3) is 3.35. The summed E-state index contributed by atoms with van der Waals surface area (Å²) in [5.41, 5.74) is 7.10. The van der Waals surface area contributed by atoms with E-state index < -0.39 is 0 Å². The van der Waals surface area contributed by atoms with E-state index in [1.807, 2.05) is 36.1 Å². The van der Waals surface area contributed by atoms with Crippen LogP contribution in [0, 0.1) is 6.92 Å². The van der Waals surface area contributed by atoms with Gasteiger partial charge in [-0.25, -0.2) is 4.79 Å². The standard InChI is InChI=1S/C26H25N3O/c1-19-9-5-7-13-23(19)27-26(30)28-16-15-25-22(18-28)21-12-6-8-14-24(21)29(25)17-20-10-3-2-4-11-20/h2-14H,15-18H2,1H3,(H,27,30). The van der Waals surface area contributed by atoms with Gasteiger partial charge in [-0.1, -0.05) is 66.7 Å². The third-order valence-corrected chi connectivity index (χ3v) is 6.02. The van der Waals surface area contributed by atoms with Crippen LogP contribution in [-0.2, 0) is 19.5 Å². The first-order valence-electron chi connectivity index (χ1n) is 10.4. The molecule has 0 unspecified atom stereocenters. The minimum absolute atomic E-state index is 0.0326. The molecule has 3 aromatic carbocycles. The molecule has 4 nitrogen and oxygen atoms in total. The van der Waals surface area contributed by atoms with Gasteiger partial charge in [0.25, 0.3) is 0 Å². The summed E-state index contributed by atoms with van der Waals surface area (Å²) in [5.74, 6) is 0.